The summed E-state index contributed by atoms with van der Waals surface area (Å²) in [5.74, 6) is 0. The summed E-state index contributed by atoms with van der Waals surface area (Å²) in [6, 6.07) is 2.88. The van der Waals surface area contributed by atoms with Crippen LogP contribution in [0, 0.1) is 0 Å². The highest BCUT2D eigenvalue weighted by Crippen LogP contribution is 2.35. The lowest BCUT2D eigenvalue weighted by molar-refractivity contribution is -0.140. The predicted octanol–water partition coefficient (Wildman–Crippen LogP) is 2.17. The van der Waals surface area contributed by atoms with Crippen molar-refractivity contribution in [1.82, 2.24) is 14.7 Å². The van der Waals surface area contributed by atoms with Gasteiger partial charge in [0.05, 0.1) is 13.2 Å². The molecule has 6 nitrogen and oxygen atoms in total. The molecule has 1 aromatic rings. The number of likely N-dealkylation sites (tertiary alicyclic amines) is 1. The average molecular weight is 394 g/mol. The number of morpholine rings is 1. The number of amides is 1. The average Bonchev–Trinajstić information content (AvgIpc) is 3.09. The van der Waals surface area contributed by atoms with E-state index in [2.05, 4.69) is 29.7 Å². The Balaban J connectivity index is 1.33. The lowest BCUT2D eigenvalue weighted by Crippen LogP contribution is -2.51. The Morgan fingerprint density at radius 3 is 2.81 bits per heavy atom. The number of hydrogen-bond donors (Lipinski definition) is 0. The van der Waals surface area contributed by atoms with Gasteiger partial charge in [-0.15, -0.1) is 11.3 Å². The van der Waals surface area contributed by atoms with Crippen LogP contribution in [0.25, 0.3) is 0 Å². The van der Waals surface area contributed by atoms with Crippen LogP contribution in [0.15, 0.2) is 6.07 Å². The standard InChI is InChI=1S/C20H31N3O3S/c1-15(2)22-7-4-17(5-8-22)26-20-11-16-3-6-23(12-18(16)27-20)19-13-21(14-24)9-10-25-19/h11,14-15,17,19H,3-10,12-13H2,1-2H3. The van der Waals surface area contributed by atoms with Crippen molar-refractivity contribution in [2.75, 3.05) is 39.3 Å². The second-order valence-electron chi connectivity index (χ2n) is 8.11. The van der Waals surface area contributed by atoms with Crippen LogP contribution in [0.1, 0.15) is 37.1 Å². The first-order valence-electron chi connectivity index (χ1n) is 10.2. The number of ether oxygens (including phenoxy) is 2. The van der Waals surface area contributed by atoms with Crippen LogP contribution >= 0.6 is 11.3 Å². The van der Waals surface area contributed by atoms with Crippen molar-refractivity contribution < 1.29 is 14.3 Å². The Labute approximate surface area is 166 Å². The molecule has 3 aliphatic heterocycles. The molecule has 0 aromatic carbocycles. The third-order valence-electron chi connectivity index (χ3n) is 6.01. The molecule has 1 atom stereocenters. The van der Waals surface area contributed by atoms with E-state index < -0.39 is 0 Å². The zero-order chi connectivity index (χ0) is 18.8. The van der Waals surface area contributed by atoms with Gasteiger partial charge in [-0.1, -0.05) is 0 Å². The first-order valence-corrected chi connectivity index (χ1v) is 11.0. The Hall–Kier alpha value is -1.15. The minimum absolute atomic E-state index is 0.0175. The van der Waals surface area contributed by atoms with Crippen LogP contribution in [0.5, 0.6) is 5.06 Å². The first kappa shape index (κ1) is 19.2. The van der Waals surface area contributed by atoms with Crippen molar-refractivity contribution in [3.8, 4) is 5.06 Å². The molecule has 0 radical (unpaired) electrons. The maximum Gasteiger partial charge on any atom is 0.209 e. The molecule has 0 N–H and O–H groups in total. The van der Waals surface area contributed by atoms with Gasteiger partial charge in [0.15, 0.2) is 5.06 Å². The summed E-state index contributed by atoms with van der Waals surface area (Å²) in [6.07, 6.45) is 4.56. The lowest BCUT2D eigenvalue weighted by atomic mass is 10.1. The number of piperidine rings is 1. The second kappa shape index (κ2) is 8.47. The number of carbonyl (C=O) groups excluding carboxylic acids is 1. The SMILES string of the molecule is CC(C)N1CCC(Oc2cc3c(s2)CN(C2CN(C=O)CCO2)CC3)CC1. The highest BCUT2D eigenvalue weighted by atomic mass is 32.1. The largest absolute Gasteiger partial charge is 0.481 e. The van der Waals surface area contributed by atoms with Gasteiger partial charge < -0.3 is 19.3 Å². The summed E-state index contributed by atoms with van der Waals surface area (Å²) in [6.45, 7) is 10.7. The van der Waals surface area contributed by atoms with E-state index >= 15 is 0 Å². The summed E-state index contributed by atoms with van der Waals surface area (Å²) in [5, 5.41) is 1.07. The fraction of sp³-hybridized carbons (Fsp3) is 0.750. The van der Waals surface area contributed by atoms with Crippen LogP contribution in [-0.2, 0) is 22.5 Å². The summed E-state index contributed by atoms with van der Waals surface area (Å²) in [5.41, 5.74) is 1.42. The molecule has 1 unspecified atom stereocenters. The van der Waals surface area contributed by atoms with E-state index in [1.165, 1.54) is 10.4 Å². The van der Waals surface area contributed by atoms with Gasteiger partial charge in [-0.3, -0.25) is 9.69 Å². The van der Waals surface area contributed by atoms with E-state index in [1.54, 1.807) is 11.3 Å². The number of carbonyl (C=O) groups is 1. The summed E-state index contributed by atoms with van der Waals surface area (Å²) in [4.78, 5) is 19.2. The molecule has 0 spiro atoms. The van der Waals surface area contributed by atoms with Crippen LogP contribution in [0.3, 0.4) is 0 Å². The molecule has 2 saturated heterocycles. The maximum absolute atomic E-state index is 11.1. The van der Waals surface area contributed by atoms with Gasteiger partial charge in [-0.2, -0.15) is 0 Å². The zero-order valence-electron chi connectivity index (χ0n) is 16.4. The monoisotopic (exact) mass is 393 g/mol. The summed E-state index contributed by atoms with van der Waals surface area (Å²) >= 11 is 1.79. The lowest BCUT2D eigenvalue weighted by Gasteiger charge is -2.39. The fourth-order valence-corrected chi connectivity index (χ4v) is 5.41. The Bertz CT molecular complexity index is 642. The molecule has 0 bridgehead atoms. The molecular weight excluding hydrogens is 362 g/mol. The van der Waals surface area contributed by atoms with Crippen LogP contribution < -0.4 is 4.74 Å². The number of fused-ring (bicyclic) bond motifs is 1. The van der Waals surface area contributed by atoms with Crippen LogP contribution in [0.2, 0.25) is 0 Å². The third-order valence-corrected chi connectivity index (χ3v) is 7.07. The second-order valence-corrected chi connectivity index (χ2v) is 9.21. The Kier molecular flexibility index (Phi) is 6.02. The van der Waals surface area contributed by atoms with Crippen molar-refractivity contribution in [3.63, 3.8) is 0 Å². The molecule has 2 fully saturated rings. The van der Waals surface area contributed by atoms with E-state index in [1.807, 2.05) is 4.90 Å². The van der Waals surface area contributed by atoms with E-state index in [4.69, 9.17) is 9.47 Å². The highest BCUT2D eigenvalue weighted by molar-refractivity contribution is 7.14. The maximum atomic E-state index is 11.1. The van der Waals surface area contributed by atoms with Gasteiger partial charge in [-0.05, 0) is 44.7 Å². The molecule has 7 heteroatoms. The van der Waals surface area contributed by atoms with Gasteiger partial charge >= 0.3 is 0 Å². The van der Waals surface area contributed by atoms with E-state index in [0.717, 1.165) is 56.9 Å². The smallest absolute Gasteiger partial charge is 0.209 e. The Morgan fingerprint density at radius 1 is 1.26 bits per heavy atom. The number of rotatable bonds is 5. The number of hydrogen-bond acceptors (Lipinski definition) is 6. The van der Waals surface area contributed by atoms with Crippen LogP contribution in [-0.4, -0.2) is 78.8 Å². The molecule has 4 rings (SSSR count). The topological polar surface area (TPSA) is 45.2 Å². The molecule has 0 saturated carbocycles. The van der Waals surface area contributed by atoms with Crippen molar-refractivity contribution in [2.24, 2.45) is 0 Å². The highest BCUT2D eigenvalue weighted by Gasteiger charge is 2.30. The van der Waals surface area contributed by atoms with Gasteiger partial charge in [0.25, 0.3) is 0 Å². The minimum atomic E-state index is 0.0175. The van der Waals surface area contributed by atoms with E-state index in [9.17, 15) is 4.79 Å². The zero-order valence-corrected chi connectivity index (χ0v) is 17.2. The molecule has 1 aromatic heterocycles. The third kappa shape index (κ3) is 4.47. The van der Waals surface area contributed by atoms with Crippen molar-refractivity contribution in [1.29, 1.82) is 0 Å². The van der Waals surface area contributed by atoms with E-state index in [0.29, 0.717) is 31.8 Å². The molecular formula is C20H31N3O3S. The molecule has 4 heterocycles. The molecule has 0 aliphatic carbocycles. The normalized spacial score (nSPS) is 25.6. The van der Waals surface area contributed by atoms with Gasteiger partial charge in [0.2, 0.25) is 6.41 Å². The predicted molar refractivity (Wildman–Crippen MR) is 106 cm³/mol. The van der Waals surface area contributed by atoms with Crippen molar-refractivity contribution >= 4 is 17.7 Å². The van der Waals surface area contributed by atoms with Gasteiger partial charge in [-0.25, -0.2) is 0 Å². The quantitative estimate of drug-likeness (QED) is 0.718. The molecule has 1 amide bonds. The van der Waals surface area contributed by atoms with Crippen molar-refractivity contribution in [3.05, 3.63) is 16.5 Å². The van der Waals surface area contributed by atoms with Gasteiger partial charge in [0, 0.05) is 43.6 Å². The molecule has 27 heavy (non-hydrogen) atoms. The van der Waals surface area contributed by atoms with Crippen LogP contribution in [0.4, 0.5) is 0 Å². The first-order chi connectivity index (χ1) is 13.1. The number of thiophene rings is 1. The van der Waals surface area contributed by atoms with Gasteiger partial charge in [0.1, 0.15) is 12.3 Å². The molecule has 3 aliphatic rings. The fourth-order valence-electron chi connectivity index (χ4n) is 4.26. The minimum Gasteiger partial charge on any atom is -0.481 e. The number of nitrogens with zero attached hydrogens (tertiary/aromatic N) is 3. The Morgan fingerprint density at radius 2 is 2.07 bits per heavy atom. The van der Waals surface area contributed by atoms with E-state index in [-0.39, 0.29) is 6.23 Å². The summed E-state index contributed by atoms with van der Waals surface area (Å²) < 4.78 is 12.3. The molecule has 150 valence electrons. The van der Waals surface area contributed by atoms with Crippen molar-refractivity contribution in [2.45, 2.75) is 58.0 Å². The summed E-state index contributed by atoms with van der Waals surface area (Å²) in [7, 11) is 0.